The van der Waals surface area contributed by atoms with Gasteiger partial charge in [-0.2, -0.15) is 0 Å². The highest BCUT2D eigenvalue weighted by Gasteiger charge is 2.25. The minimum Gasteiger partial charge on any atom is -0.497 e. The van der Waals surface area contributed by atoms with Crippen molar-refractivity contribution in [1.82, 2.24) is 5.43 Å². The summed E-state index contributed by atoms with van der Waals surface area (Å²) < 4.78 is 16.0. The molecule has 1 saturated heterocycles. The molecule has 1 heterocycles. The van der Waals surface area contributed by atoms with Crippen LogP contribution in [0.2, 0.25) is 0 Å². The monoisotopic (exact) mass is 266 g/mol. The lowest BCUT2D eigenvalue weighted by Crippen LogP contribution is -2.36. The van der Waals surface area contributed by atoms with E-state index in [9.17, 15) is 0 Å². The Labute approximate surface area is 114 Å². The summed E-state index contributed by atoms with van der Waals surface area (Å²) in [4.78, 5) is 0. The second-order valence-corrected chi connectivity index (χ2v) is 4.74. The Morgan fingerprint density at radius 1 is 1.16 bits per heavy atom. The van der Waals surface area contributed by atoms with Crippen LogP contribution in [-0.4, -0.2) is 27.4 Å². The fraction of sp³-hybridized carbons (Fsp3) is 0.571. The fourth-order valence-electron chi connectivity index (χ4n) is 2.56. The highest BCUT2D eigenvalue weighted by Crippen LogP contribution is 2.33. The van der Waals surface area contributed by atoms with Crippen molar-refractivity contribution in [2.24, 2.45) is 11.8 Å². The summed E-state index contributed by atoms with van der Waals surface area (Å²) in [7, 11) is 3.30. The van der Waals surface area contributed by atoms with Crippen LogP contribution >= 0.6 is 0 Å². The van der Waals surface area contributed by atoms with E-state index in [0.29, 0.717) is 5.92 Å². The Bertz CT molecular complexity index is 383. The first-order chi connectivity index (χ1) is 9.28. The van der Waals surface area contributed by atoms with Crippen molar-refractivity contribution in [2.45, 2.75) is 18.9 Å². The van der Waals surface area contributed by atoms with Gasteiger partial charge in [0.2, 0.25) is 0 Å². The predicted octanol–water partition coefficient (Wildman–Crippen LogP) is 1.63. The third kappa shape index (κ3) is 3.37. The van der Waals surface area contributed by atoms with E-state index in [1.807, 2.05) is 18.2 Å². The molecular formula is C14H22N2O3. The van der Waals surface area contributed by atoms with Gasteiger partial charge in [0.05, 0.1) is 14.2 Å². The van der Waals surface area contributed by atoms with Crippen LogP contribution in [0.15, 0.2) is 18.2 Å². The van der Waals surface area contributed by atoms with Gasteiger partial charge >= 0.3 is 0 Å². The predicted molar refractivity (Wildman–Crippen MR) is 73.2 cm³/mol. The lowest BCUT2D eigenvalue weighted by molar-refractivity contribution is 0.0536. The Hall–Kier alpha value is -1.30. The van der Waals surface area contributed by atoms with Gasteiger partial charge in [-0.1, -0.05) is 0 Å². The summed E-state index contributed by atoms with van der Waals surface area (Å²) in [6, 6.07) is 5.96. The molecule has 1 aliphatic rings. The standard InChI is InChI=1S/C14H22N2O3/c1-17-12-7-11(8-13(9-12)18-2)14(16-15)10-3-5-19-6-4-10/h7-10,14,16H,3-6,15H2,1-2H3. The number of hydrazine groups is 1. The first-order valence-corrected chi connectivity index (χ1v) is 6.55. The summed E-state index contributed by atoms with van der Waals surface area (Å²) in [5.74, 6) is 7.77. The quantitative estimate of drug-likeness (QED) is 0.626. The van der Waals surface area contributed by atoms with Crippen molar-refractivity contribution in [3.63, 3.8) is 0 Å². The van der Waals surface area contributed by atoms with Gasteiger partial charge in [0.15, 0.2) is 0 Å². The van der Waals surface area contributed by atoms with Crippen LogP contribution in [0.4, 0.5) is 0 Å². The molecule has 3 N–H and O–H groups in total. The van der Waals surface area contributed by atoms with Crippen LogP contribution < -0.4 is 20.7 Å². The van der Waals surface area contributed by atoms with Gasteiger partial charge in [0, 0.05) is 25.3 Å². The van der Waals surface area contributed by atoms with Crippen molar-refractivity contribution in [3.8, 4) is 11.5 Å². The Kier molecular flexibility index (Phi) is 5.01. The average molecular weight is 266 g/mol. The van der Waals surface area contributed by atoms with E-state index >= 15 is 0 Å². The second-order valence-electron chi connectivity index (χ2n) is 4.74. The Morgan fingerprint density at radius 3 is 2.21 bits per heavy atom. The zero-order valence-electron chi connectivity index (χ0n) is 11.5. The van der Waals surface area contributed by atoms with Crippen LogP contribution in [0, 0.1) is 5.92 Å². The molecule has 0 bridgehead atoms. The van der Waals surface area contributed by atoms with Crippen molar-refractivity contribution in [3.05, 3.63) is 23.8 Å². The molecule has 1 atom stereocenters. The summed E-state index contributed by atoms with van der Waals surface area (Å²) in [5, 5.41) is 0. The van der Waals surface area contributed by atoms with Crippen LogP contribution in [-0.2, 0) is 4.74 Å². The number of hydrogen-bond acceptors (Lipinski definition) is 5. The summed E-state index contributed by atoms with van der Waals surface area (Å²) in [6.45, 7) is 1.59. The van der Waals surface area contributed by atoms with Gasteiger partial charge in [-0.05, 0) is 36.5 Å². The van der Waals surface area contributed by atoms with Gasteiger partial charge in [-0.15, -0.1) is 0 Å². The third-order valence-electron chi connectivity index (χ3n) is 3.65. The molecule has 0 spiro atoms. The summed E-state index contributed by atoms with van der Waals surface area (Å²) in [6.07, 6.45) is 2.02. The van der Waals surface area contributed by atoms with E-state index in [1.54, 1.807) is 14.2 Å². The number of benzene rings is 1. The average Bonchev–Trinajstić information content (AvgIpc) is 2.48. The molecule has 0 aliphatic carbocycles. The van der Waals surface area contributed by atoms with Crippen LogP contribution in [0.25, 0.3) is 0 Å². The molecule has 19 heavy (non-hydrogen) atoms. The second kappa shape index (κ2) is 6.75. The minimum atomic E-state index is 0.0906. The molecule has 1 fully saturated rings. The molecule has 5 nitrogen and oxygen atoms in total. The van der Waals surface area contributed by atoms with E-state index in [0.717, 1.165) is 43.1 Å². The molecule has 106 valence electrons. The number of ether oxygens (including phenoxy) is 3. The molecule has 0 amide bonds. The zero-order chi connectivity index (χ0) is 13.7. The lowest BCUT2D eigenvalue weighted by atomic mass is 9.87. The zero-order valence-corrected chi connectivity index (χ0v) is 11.5. The van der Waals surface area contributed by atoms with Crippen molar-refractivity contribution >= 4 is 0 Å². The van der Waals surface area contributed by atoms with Crippen LogP contribution in [0.1, 0.15) is 24.4 Å². The van der Waals surface area contributed by atoms with Crippen molar-refractivity contribution in [1.29, 1.82) is 0 Å². The molecule has 1 aromatic rings. The van der Waals surface area contributed by atoms with E-state index in [4.69, 9.17) is 20.1 Å². The Morgan fingerprint density at radius 2 is 1.74 bits per heavy atom. The Balaban J connectivity index is 2.25. The maximum atomic E-state index is 5.75. The number of nitrogens with one attached hydrogen (secondary N) is 1. The first-order valence-electron chi connectivity index (χ1n) is 6.55. The first kappa shape index (κ1) is 14.1. The maximum absolute atomic E-state index is 5.75. The van der Waals surface area contributed by atoms with Gasteiger partial charge in [0.25, 0.3) is 0 Å². The van der Waals surface area contributed by atoms with E-state index in [-0.39, 0.29) is 6.04 Å². The van der Waals surface area contributed by atoms with Crippen LogP contribution in [0.3, 0.4) is 0 Å². The van der Waals surface area contributed by atoms with E-state index in [1.165, 1.54) is 0 Å². The minimum absolute atomic E-state index is 0.0906. The topological polar surface area (TPSA) is 65.7 Å². The van der Waals surface area contributed by atoms with Gasteiger partial charge in [0.1, 0.15) is 11.5 Å². The molecule has 1 aromatic carbocycles. The lowest BCUT2D eigenvalue weighted by Gasteiger charge is -2.30. The third-order valence-corrected chi connectivity index (χ3v) is 3.65. The molecule has 1 aliphatic heterocycles. The smallest absolute Gasteiger partial charge is 0.122 e. The molecule has 5 heteroatoms. The molecular weight excluding hydrogens is 244 g/mol. The molecule has 0 radical (unpaired) electrons. The van der Waals surface area contributed by atoms with Gasteiger partial charge in [-0.25, -0.2) is 0 Å². The molecule has 2 rings (SSSR count). The number of hydrogen-bond donors (Lipinski definition) is 2. The normalized spacial score (nSPS) is 18.1. The van der Waals surface area contributed by atoms with E-state index < -0.39 is 0 Å². The largest absolute Gasteiger partial charge is 0.497 e. The molecule has 0 aromatic heterocycles. The fourth-order valence-corrected chi connectivity index (χ4v) is 2.56. The van der Waals surface area contributed by atoms with Crippen molar-refractivity contribution < 1.29 is 14.2 Å². The number of rotatable bonds is 5. The summed E-state index contributed by atoms with van der Waals surface area (Å²) in [5.41, 5.74) is 4.01. The summed E-state index contributed by atoms with van der Waals surface area (Å²) >= 11 is 0. The molecule has 1 unspecified atom stereocenters. The van der Waals surface area contributed by atoms with Crippen LogP contribution in [0.5, 0.6) is 11.5 Å². The van der Waals surface area contributed by atoms with E-state index in [2.05, 4.69) is 5.43 Å². The van der Waals surface area contributed by atoms with Gasteiger partial charge in [-0.3, -0.25) is 11.3 Å². The number of methoxy groups -OCH3 is 2. The maximum Gasteiger partial charge on any atom is 0.122 e. The van der Waals surface area contributed by atoms with Gasteiger partial charge < -0.3 is 14.2 Å². The highest BCUT2D eigenvalue weighted by molar-refractivity contribution is 5.40. The van der Waals surface area contributed by atoms with Crippen molar-refractivity contribution in [2.75, 3.05) is 27.4 Å². The molecule has 0 saturated carbocycles. The highest BCUT2D eigenvalue weighted by atomic mass is 16.5. The number of nitrogens with two attached hydrogens (primary N) is 1. The SMILES string of the molecule is COc1cc(OC)cc(C(NN)C2CCOCC2)c1.